The van der Waals surface area contributed by atoms with Gasteiger partial charge in [0.2, 0.25) is 5.91 Å². The van der Waals surface area contributed by atoms with Crippen LogP contribution in [0, 0.1) is 5.41 Å². The third kappa shape index (κ3) is 2.17. The fourth-order valence-corrected chi connectivity index (χ4v) is 2.62. The van der Waals surface area contributed by atoms with Crippen LogP contribution >= 0.6 is 23.2 Å². The largest absolute Gasteiger partial charge is 0.324 e. The third-order valence-electron chi connectivity index (χ3n) is 3.50. The van der Waals surface area contributed by atoms with E-state index in [1.165, 1.54) is 0 Å². The summed E-state index contributed by atoms with van der Waals surface area (Å²) >= 11 is 12.0. The van der Waals surface area contributed by atoms with E-state index in [4.69, 9.17) is 23.2 Å². The van der Waals surface area contributed by atoms with Crippen LogP contribution in [0.5, 0.6) is 0 Å². The highest BCUT2D eigenvalue weighted by atomic mass is 35.5. The molecule has 3 rings (SSSR count). The molecule has 0 bridgehead atoms. The van der Waals surface area contributed by atoms with Gasteiger partial charge in [0.15, 0.2) is 5.82 Å². The van der Waals surface area contributed by atoms with Gasteiger partial charge in [-0.3, -0.25) is 4.79 Å². The van der Waals surface area contributed by atoms with Gasteiger partial charge in [-0.1, -0.05) is 0 Å². The number of nitrogens with zero attached hydrogens (tertiary/aromatic N) is 3. The lowest BCUT2D eigenvalue weighted by atomic mass is 10.1. The van der Waals surface area contributed by atoms with Crippen molar-refractivity contribution in [3.05, 3.63) is 36.8 Å². The minimum absolute atomic E-state index is 0.198. The van der Waals surface area contributed by atoms with Crippen LogP contribution in [0.15, 0.2) is 36.8 Å². The normalized spacial score (nSPS) is 23.4. The van der Waals surface area contributed by atoms with Crippen LogP contribution in [0.25, 0.3) is 5.82 Å². The van der Waals surface area contributed by atoms with Crippen molar-refractivity contribution in [3.8, 4) is 5.82 Å². The Morgan fingerprint density at radius 1 is 1.45 bits per heavy atom. The maximum absolute atomic E-state index is 12.1. The second-order valence-electron chi connectivity index (χ2n) is 5.02. The summed E-state index contributed by atoms with van der Waals surface area (Å²) in [4.78, 5) is 16.3. The van der Waals surface area contributed by atoms with Crippen molar-refractivity contribution in [3.63, 3.8) is 0 Å². The summed E-state index contributed by atoms with van der Waals surface area (Å²) in [6.45, 7) is 1.74. The number of nitrogens with one attached hydrogen (secondary N) is 1. The highest BCUT2D eigenvalue weighted by molar-refractivity contribution is 6.53. The number of rotatable bonds is 3. The number of aromatic nitrogens is 3. The molecule has 0 aromatic carbocycles. The lowest BCUT2D eigenvalue weighted by Crippen LogP contribution is -2.26. The molecule has 1 aliphatic rings. The van der Waals surface area contributed by atoms with Gasteiger partial charge in [0, 0.05) is 12.4 Å². The molecule has 2 aromatic rings. The molecule has 1 amide bonds. The number of carbonyl (C=O) groups is 1. The molecule has 1 aliphatic carbocycles. The van der Waals surface area contributed by atoms with Crippen molar-refractivity contribution < 1.29 is 4.79 Å². The minimum atomic E-state index is -0.973. The van der Waals surface area contributed by atoms with Gasteiger partial charge in [0.05, 0.1) is 17.3 Å². The maximum atomic E-state index is 12.1. The van der Waals surface area contributed by atoms with E-state index in [0.717, 1.165) is 0 Å². The SMILES string of the molecule is C[C@]1(C(=O)Nc2ccc(-n3cccn3)nc2)CC1(Cl)Cl. The number of alkyl halides is 2. The molecule has 0 aliphatic heterocycles. The fourth-order valence-electron chi connectivity index (χ4n) is 1.92. The molecule has 0 radical (unpaired) electrons. The zero-order valence-electron chi connectivity index (χ0n) is 10.7. The summed E-state index contributed by atoms with van der Waals surface area (Å²) in [5.41, 5.74) is -0.139. The molecule has 1 N–H and O–H groups in total. The summed E-state index contributed by atoms with van der Waals surface area (Å²) in [5.74, 6) is 0.478. The first-order valence-corrected chi connectivity index (χ1v) is 6.83. The summed E-state index contributed by atoms with van der Waals surface area (Å²) < 4.78 is 0.663. The van der Waals surface area contributed by atoms with E-state index < -0.39 is 9.75 Å². The molecule has 1 saturated carbocycles. The predicted molar refractivity (Wildman–Crippen MR) is 77.1 cm³/mol. The van der Waals surface area contributed by atoms with Crippen LogP contribution in [0.4, 0.5) is 5.69 Å². The van der Waals surface area contributed by atoms with Crippen molar-refractivity contribution in [1.29, 1.82) is 0 Å². The Hall–Kier alpha value is -1.59. The molecule has 20 heavy (non-hydrogen) atoms. The zero-order chi connectivity index (χ0) is 14.4. The fraction of sp³-hybridized carbons (Fsp3) is 0.308. The third-order valence-corrected chi connectivity index (χ3v) is 4.61. The van der Waals surface area contributed by atoms with Gasteiger partial charge in [-0.25, -0.2) is 9.67 Å². The highest BCUT2D eigenvalue weighted by Gasteiger charge is 2.67. The van der Waals surface area contributed by atoms with Gasteiger partial charge in [0.1, 0.15) is 4.33 Å². The standard InChI is InChI=1S/C13H12Cl2N4O/c1-12(8-13(12,14)15)11(20)18-9-3-4-10(16-7-9)19-6-2-5-17-19/h2-7H,8H2,1H3,(H,18,20)/t12-/m1/s1. The average molecular weight is 311 g/mol. The lowest BCUT2D eigenvalue weighted by Gasteiger charge is -2.12. The number of halogens is 2. The van der Waals surface area contributed by atoms with Gasteiger partial charge in [-0.05, 0) is 31.5 Å². The second-order valence-corrected chi connectivity index (χ2v) is 6.51. The van der Waals surface area contributed by atoms with Crippen LogP contribution in [0.3, 0.4) is 0 Å². The van der Waals surface area contributed by atoms with E-state index in [2.05, 4.69) is 15.4 Å². The number of anilines is 1. The Morgan fingerprint density at radius 3 is 2.70 bits per heavy atom. The Bertz CT molecular complexity index is 639. The smallest absolute Gasteiger partial charge is 0.233 e. The van der Waals surface area contributed by atoms with Crippen molar-refractivity contribution >= 4 is 34.8 Å². The van der Waals surface area contributed by atoms with Crippen molar-refractivity contribution in [2.24, 2.45) is 5.41 Å². The molecular weight excluding hydrogens is 299 g/mol. The summed E-state index contributed by atoms with van der Waals surface area (Å²) in [6.07, 6.45) is 5.49. The predicted octanol–water partition coefficient (Wildman–Crippen LogP) is 2.79. The zero-order valence-corrected chi connectivity index (χ0v) is 12.2. The first-order valence-electron chi connectivity index (χ1n) is 6.08. The van der Waals surface area contributed by atoms with Crippen LogP contribution < -0.4 is 5.32 Å². The molecule has 104 valence electrons. The van der Waals surface area contributed by atoms with E-state index in [0.29, 0.717) is 17.9 Å². The van der Waals surface area contributed by atoms with E-state index in [9.17, 15) is 4.79 Å². The van der Waals surface area contributed by atoms with Crippen molar-refractivity contribution in [2.45, 2.75) is 17.7 Å². The van der Waals surface area contributed by atoms with Crippen molar-refractivity contribution in [2.75, 3.05) is 5.32 Å². The molecular formula is C13H12Cl2N4O. The first-order chi connectivity index (χ1) is 9.42. The number of amides is 1. The monoisotopic (exact) mass is 310 g/mol. The lowest BCUT2D eigenvalue weighted by molar-refractivity contribution is -0.120. The Balaban J connectivity index is 1.72. The molecule has 5 nitrogen and oxygen atoms in total. The van der Waals surface area contributed by atoms with Crippen LogP contribution in [-0.4, -0.2) is 25.0 Å². The van der Waals surface area contributed by atoms with Crippen LogP contribution in [0.2, 0.25) is 0 Å². The van der Waals surface area contributed by atoms with E-state index in [1.54, 1.807) is 42.3 Å². The minimum Gasteiger partial charge on any atom is -0.324 e. The molecule has 7 heteroatoms. The topological polar surface area (TPSA) is 59.8 Å². The quantitative estimate of drug-likeness (QED) is 0.887. The van der Waals surface area contributed by atoms with E-state index >= 15 is 0 Å². The first kappa shape index (κ1) is 13.4. The summed E-state index contributed by atoms with van der Waals surface area (Å²) in [6, 6.07) is 5.34. The molecule has 2 heterocycles. The number of pyridine rings is 1. The van der Waals surface area contributed by atoms with Gasteiger partial charge in [-0.2, -0.15) is 5.10 Å². The summed E-state index contributed by atoms with van der Waals surface area (Å²) in [5, 5.41) is 6.85. The van der Waals surface area contributed by atoms with Crippen LogP contribution in [0.1, 0.15) is 13.3 Å². The van der Waals surface area contributed by atoms with Gasteiger partial charge in [0.25, 0.3) is 0 Å². The Labute approximate surface area is 125 Å². The average Bonchev–Trinajstić information content (AvgIpc) is 2.83. The highest BCUT2D eigenvalue weighted by Crippen LogP contribution is 2.64. The molecule has 1 atom stereocenters. The molecule has 1 fully saturated rings. The Morgan fingerprint density at radius 2 is 2.20 bits per heavy atom. The molecule has 0 unspecified atom stereocenters. The van der Waals surface area contributed by atoms with Gasteiger partial charge < -0.3 is 5.32 Å². The molecule has 0 saturated heterocycles. The van der Waals surface area contributed by atoms with E-state index in [1.807, 2.05) is 6.07 Å². The van der Waals surface area contributed by atoms with Crippen LogP contribution in [-0.2, 0) is 4.79 Å². The summed E-state index contributed by atoms with van der Waals surface area (Å²) in [7, 11) is 0. The van der Waals surface area contributed by atoms with Gasteiger partial charge >= 0.3 is 0 Å². The number of hydrogen-bond acceptors (Lipinski definition) is 3. The molecule has 0 spiro atoms. The van der Waals surface area contributed by atoms with Crippen molar-refractivity contribution in [1.82, 2.24) is 14.8 Å². The molecule has 2 aromatic heterocycles. The number of hydrogen-bond donors (Lipinski definition) is 1. The number of carbonyl (C=O) groups excluding carboxylic acids is 1. The van der Waals surface area contributed by atoms with E-state index in [-0.39, 0.29) is 5.91 Å². The Kier molecular flexibility index (Phi) is 2.99. The maximum Gasteiger partial charge on any atom is 0.233 e. The second kappa shape index (κ2) is 4.46. The van der Waals surface area contributed by atoms with Gasteiger partial charge in [-0.15, -0.1) is 23.2 Å².